The van der Waals surface area contributed by atoms with E-state index in [-0.39, 0.29) is 18.3 Å². The average Bonchev–Trinajstić information content (AvgIpc) is 2.41. The number of amides is 1. The molecule has 0 radical (unpaired) electrons. The van der Waals surface area contributed by atoms with Crippen LogP contribution >= 0.6 is 12.4 Å². The Morgan fingerprint density at radius 2 is 2.05 bits per heavy atom. The zero-order valence-electron chi connectivity index (χ0n) is 12.2. The highest BCUT2D eigenvalue weighted by Gasteiger charge is 2.06. The SMILES string of the molecule is CC(C)c1ccccc1OCCNC(=O)CCCN.Cl. The van der Waals surface area contributed by atoms with E-state index < -0.39 is 0 Å². The van der Waals surface area contributed by atoms with Gasteiger partial charge >= 0.3 is 0 Å². The van der Waals surface area contributed by atoms with Crippen molar-refractivity contribution in [1.82, 2.24) is 5.32 Å². The second-order valence-electron chi connectivity index (χ2n) is 4.78. The highest BCUT2D eigenvalue weighted by atomic mass is 35.5. The van der Waals surface area contributed by atoms with Crippen molar-refractivity contribution in [3.05, 3.63) is 29.8 Å². The van der Waals surface area contributed by atoms with Gasteiger partial charge in [-0.2, -0.15) is 0 Å². The predicted molar refractivity (Wildman–Crippen MR) is 84.6 cm³/mol. The molecule has 0 aliphatic heterocycles. The largest absolute Gasteiger partial charge is 0.491 e. The van der Waals surface area contributed by atoms with Crippen molar-refractivity contribution in [1.29, 1.82) is 0 Å². The van der Waals surface area contributed by atoms with Gasteiger partial charge in [-0.25, -0.2) is 0 Å². The number of benzene rings is 1. The van der Waals surface area contributed by atoms with Crippen molar-refractivity contribution in [3.63, 3.8) is 0 Å². The molecule has 0 heterocycles. The molecule has 0 atom stereocenters. The number of nitrogens with one attached hydrogen (secondary N) is 1. The number of para-hydroxylation sites is 1. The van der Waals surface area contributed by atoms with Crippen molar-refractivity contribution in [2.24, 2.45) is 5.73 Å². The molecule has 0 bridgehead atoms. The van der Waals surface area contributed by atoms with Gasteiger partial charge in [0.1, 0.15) is 12.4 Å². The summed E-state index contributed by atoms with van der Waals surface area (Å²) < 4.78 is 5.71. The lowest BCUT2D eigenvalue weighted by Gasteiger charge is -2.14. The maximum atomic E-state index is 11.4. The maximum Gasteiger partial charge on any atom is 0.220 e. The highest BCUT2D eigenvalue weighted by Crippen LogP contribution is 2.25. The van der Waals surface area contributed by atoms with E-state index in [1.165, 1.54) is 5.56 Å². The topological polar surface area (TPSA) is 64.3 Å². The van der Waals surface area contributed by atoms with Crippen molar-refractivity contribution in [2.75, 3.05) is 19.7 Å². The lowest BCUT2D eigenvalue weighted by molar-refractivity contribution is -0.121. The third-order valence-corrected chi connectivity index (χ3v) is 2.83. The van der Waals surface area contributed by atoms with Gasteiger partial charge in [-0.1, -0.05) is 32.0 Å². The van der Waals surface area contributed by atoms with Gasteiger partial charge in [0.05, 0.1) is 6.54 Å². The van der Waals surface area contributed by atoms with Crippen LogP contribution in [0.3, 0.4) is 0 Å². The molecule has 0 aromatic heterocycles. The van der Waals surface area contributed by atoms with Gasteiger partial charge in [-0.3, -0.25) is 4.79 Å². The molecular weight excluding hydrogens is 276 g/mol. The van der Waals surface area contributed by atoms with E-state index >= 15 is 0 Å². The lowest BCUT2D eigenvalue weighted by atomic mass is 10.0. The van der Waals surface area contributed by atoms with Crippen LogP contribution in [0.4, 0.5) is 0 Å². The predicted octanol–water partition coefficient (Wildman–Crippen LogP) is 2.47. The molecule has 0 saturated heterocycles. The summed E-state index contributed by atoms with van der Waals surface area (Å²) in [7, 11) is 0. The molecule has 0 unspecified atom stereocenters. The number of halogens is 1. The smallest absolute Gasteiger partial charge is 0.220 e. The number of hydrogen-bond acceptors (Lipinski definition) is 3. The second-order valence-corrected chi connectivity index (χ2v) is 4.78. The third-order valence-electron chi connectivity index (χ3n) is 2.83. The molecule has 4 nitrogen and oxygen atoms in total. The average molecular weight is 301 g/mol. The summed E-state index contributed by atoms with van der Waals surface area (Å²) in [5.41, 5.74) is 6.54. The van der Waals surface area contributed by atoms with Crippen LogP contribution in [0.2, 0.25) is 0 Å². The van der Waals surface area contributed by atoms with E-state index in [0.29, 0.717) is 32.0 Å². The van der Waals surface area contributed by atoms with Crippen LogP contribution in [0.5, 0.6) is 5.75 Å². The summed E-state index contributed by atoms with van der Waals surface area (Å²) in [6.45, 7) is 5.83. The van der Waals surface area contributed by atoms with Crippen LogP contribution in [-0.2, 0) is 4.79 Å². The van der Waals surface area contributed by atoms with Crippen LogP contribution in [0.25, 0.3) is 0 Å². The fraction of sp³-hybridized carbons (Fsp3) is 0.533. The molecule has 0 aliphatic carbocycles. The lowest BCUT2D eigenvalue weighted by Crippen LogP contribution is -2.28. The van der Waals surface area contributed by atoms with Crippen LogP contribution in [0, 0.1) is 0 Å². The Balaban J connectivity index is 0.00000361. The van der Waals surface area contributed by atoms with Gasteiger partial charge in [0.2, 0.25) is 5.91 Å². The molecule has 1 aromatic carbocycles. The summed E-state index contributed by atoms with van der Waals surface area (Å²) in [5, 5.41) is 2.82. The van der Waals surface area contributed by atoms with Crippen molar-refractivity contribution >= 4 is 18.3 Å². The van der Waals surface area contributed by atoms with Crippen LogP contribution in [0.1, 0.15) is 38.2 Å². The molecule has 5 heteroatoms. The quantitative estimate of drug-likeness (QED) is 0.725. The number of ether oxygens (including phenoxy) is 1. The van der Waals surface area contributed by atoms with E-state index in [1.54, 1.807) is 0 Å². The standard InChI is InChI=1S/C15H24N2O2.ClH/c1-12(2)13-6-3-4-7-14(13)19-11-10-17-15(18)8-5-9-16;/h3-4,6-7,12H,5,8-11,16H2,1-2H3,(H,17,18);1H. The normalized spacial score (nSPS) is 10.0. The van der Waals surface area contributed by atoms with Crippen LogP contribution in [-0.4, -0.2) is 25.6 Å². The maximum absolute atomic E-state index is 11.4. The monoisotopic (exact) mass is 300 g/mol. The minimum absolute atomic E-state index is 0. The summed E-state index contributed by atoms with van der Waals surface area (Å²) >= 11 is 0. The van der Waals surface area contributed by atoms with E-state index in [9.17, 15) is 4.79 Å². The number of hydrogen-bond donors (Lipinski definition) is 2. The fourth-order valence-corrected chi connectivity index (χ4v) is 1.79. The van der Waals surface area contributed by atoms with Gasteiger partial charge in [-0.15, -0.1) is 12.4 Å². The first-order valence-corrected chi connectivity index (χ1v) is 6.83. The Morgan fingerprint density at radius 1 is 1.35 bits per heavy atom. The molecule has 0 aliphatic rings. The first-order valence-electron chi connectivity index (χ1n) is 6.83. The second kappa shape index (κ2) is 10.5. The van der Waals surface area contributed by atoms with E-state index in [4.69, 9.17) is 10.5 Å². The molecule has 0 spiro atoms. The summed E-state index contributed by atoms with van der Waals surface area (Å²) in [5.74, 6) is 1.36. The van der Waals surface area contributed by atoms with Crippen molar-refractivity contribution < 1.29 is 9.53 Å². The Bertz CT molecular complexity index is 397. The zero-order chi connectivity index (χ0) is 14.1. The first-order chi connectivity index (χ1) is 9.15. The van der Waals surface area contributed by atoms with Gasteiger partial charge < -0.3 is 15.8 Å². The summed E-state index contributed by atoms with van der Waals surface area (Å²) in [4.78, 5) is 11.4. The van der Waals surface area contributed by atoms with Gasteiger partial charge in [0.25, 0.3) is 0 Å². The molecule has 1 rings (SSSR count). The van der Waals surface area contributed by atoms with Gasteiger partial charge in [0, 0.05) is 6.42 Å². The number of carbonyl (C=O) groups is 1. The molecule has 1 aromatic rings. The molecule has 0 saturated carbocycles. The fourth-order valence-electron chi connectivity index (χ4n) is 1.79. The minimum Gasteiger partial charge on any atom is -0.491 e. The van der Waals surface area contributed by atoms with Crippen molar-refractivity contribution in [3.8, 4) is 5.75 Å². The molecule has 3 N–H and O–H groups in total. The number of nitrogens with two attached hydrogens (primary N) is 1. The Hall–Kier alpha value is -1.26. The molecule has 0 fully saturated rings. The minimum atomic E-state index is 0. The van der Waals surface area contributed by atoms with E-state index in [1.807, 2.05) is 18.2 Å². The number of rotatable bonds is 8. The number of carbonyl (C=O) groups excluding carboxylic acids is 1. The molecule has 1 amide bonds. The van der Waals surface area contributed by atoms with Crippen LogP contribution < -0.4 is 15.8 Å². The first kappa shape index (κ1) is 18.7. The van der Waals surface area contributed by atoms with E-state index in [0.717, 1.165) is 12.2 Å². The molecule has 20 heavy (non-hydrogen) atoms. The van der Waals surface area contributed by atoms with Crippen LogP contribution in [0.15, 0.2) is 24.3 Å². The molecule has 114 valence electrons. The van der Waals surface area contributed by atoms with Crippen molar-refractivity contribution in [2.45, 2.75) is 32.6 Å². The Morgan fingerprint density at radius 3 is 2.70 bits per heavy atom. The zero-order valence-corrected chi connectivity index (χ0v) is 13.0. The van der Waals surface area contributed by atoms with E-state index in [2.05, 4.69) is 25.2 Å². The Labute approximate surface area is 127 Å². The Kier molecular flexibility index (Phi) is 9.86. The summed E-state index contributed by atoms with van der Waals surface area (Å²) in [6.07, 6.45) is 1.21. The molecular formula is C15H25ClN2O2. The highest BCUT2D eigenvalue weighted by molar-refractivity contribution is 5.85. The van der Waals surface area contributed by atoms with Gasteiger partial charge in [0.15, 0.2) is 0 Å². The summed E-state index contributed by atoms with van der Waals surface area (Å²) in [6, 6.07) is 8.00. The third kappa shape index (κ3) is 6.78. The van der Waals surface area contributed by atoms with Gasteiger partial charge in [-0.05, 0) is 30.5 Å².